The van der Waals surface area contributed by atoms with Crippen LogP contribution in [0.3, 0.4) is 0 Å². The third kappa shape index (κ3) is 3.58. The van der Waals surface area contributed by atoms with Gasteiger partial charge in [0.1, 0.15) is 11.5 Å². The monoisotopic (exact) mass is 260 g/mol. The van der Waals surface area contributed by atoms with Gasteiger partial charge in [-0.2, -0.15) is 0 Å². The summed E-state index contributed by atoms with van der Waals surface area (Å²) in [6.45, 7) is 4.77. The van der Waals surface area contributed by atoms with Crippen LogP contribution in [0, 0.1) is 6.92 Å². The first-order chi connectivity index (χ1) is 9.22. The molecule has 2 aromatic rings. The predicted octanol–water partition coefficient (Wildman–Crippen LogP) is 3.23. The fourth-order valence-corrected chi connectivity index (χ4v) is 2.06. The van der Waals surface area contributed by atoms with Crippen molar-refractivity contribution in [2.75, 3.05) is 7.11 Å². The SMILES string of the molecule is CCC(NCc1cc(C)on1)c1ccc(OC)cc1. The number of aromatic nitrogens is 1. The normalized spacial score (nSPS) is 12.4. The van der Waals surface area contributed by atoms with E-state index in [4.69, 9.17) is 9.26 Å². The molecule has 0 radical (unpaired) electrons. The third-order valence-corrected chi connectivity index (χ3v) is 3.13. The second-order valence-corrected chi connectivity index (χ2v) is 4.54. The predicted molar refractivity (Wildman–Crippen MR) is 74.1 cm³/mol. The minimum Gasteiger partial charge on any atom is -0.497 e. The summed E-state index contributed by atoms with van der Waals surface area (Å²) in [5, 5.41) is 7.48. The molecule has 1 unspecified atom stereocenters. The molecule has 0 spiro atoms. The van der Waals surface area contributed by atoms with Gasteiger partial charge in [-0.25, -0.2) is 0 Å². The van der Waals surface area contributed by atoms with Crippen molar-refractivity contribution in [3.05, 3.63) is 47.3 Å². The molecule has 1 heterocycles. The minimum atomic E-state index is 0.308. The van der Waals surface area contributed by atoms with Crippen LogP contribution >= 0.6 is 0 Å². The van der Waals surface area contributed by atoms with E-state index >= 15 is 0 Å². The average molecular weight is 260 g/mol. The maximum absolute atomic E-state index is 5.17. The molecule has 19 heavy (non-hydrogen) atoms. The van der Waals surface area contributed by atoms with E-state index in [1.165, 1.54) is 5.56 Å². The first-order valence-corrected chi connectivity index (χ1v) is 6.52. The highest BCUT2D eigenvalue weighted by Crippen LogP contribution is 2.20. The van der Waals surface area contributed by atoms with Gasteiger partial charge in [-0.05, 0) is 31.0 Å². The molecule has 102 valence electrons. The van der Waals surface area contributed by atoms with Crippen molar-refractivity contribution in [2.24, 2.45) is 0 Å². The Bertz CT molecular complexity index is 505. The number of aryl methyl sites for hydroxylation is 1. The van der Waals surface area contributed by atoms with Crippen molar-refractivity contribution in [2.45, 2.75) is 32.9 Å². The molecule has 0 aliphatic rings. The smallest absolute Gasteiger partial charge is 0.133 e. The topological polar surface area (TPSA) is 47.3 Å². The number of nitrogens with one attached hydrogen (secondary N) is 1. The van der Waals surface area contributed by atoms with Crippen LogP contribution in [0.15, 0.2) is 34.9 Å². The molecule has 4 nitrogen and oxygen atoms in total. The van der Waals surface area contributed by atoms with Crippen molar-refractivity contribution < 1.29 is 9.26 Å². The van der Waals surface area contributed by atoms with Gasteiger partial charge in [-0.1, -0.05) is 24.2 Å². The number of hydrogen-bond donors (Lipinski definition) is 1. The average Bonchev–Trinajstić information content (AvgIpc) is 2.86. The summed E-state index contributed by atoms with van der Waals surface area (Å²) in [6.07, 6.45) is 1.02. The van der Waals surface area contributed by atoms with Gasteiger partial charge in [0, 0.05) is 18.7 Å². The third-order valence-electron chi connectivity index (χ3n) is 3.13. The van der Waals surface area contributed by atoms with Crippen molar-refractivity contribution in [1.82, 2.24) is 10.5 Å². The second kappa shape index (κ2) is 6.38. The molecule has 1 atom stereocenters. The van der Waals surface area contributed by atoms with Crippen LogP contribution in [0.25, 0.3) is 0 Å². The highest BCUT2D eigenvalue weighted by atomic mass is 16.5. The van der Waals surface area contributed by atoms with Crippen LogP contribution in [-0.4, -0.2) is 12.3 Å². The summed E-state index contributed by atoms with van der Waals surface area (Å²) < 4.78 is 10.2. The second-order valence-electron chi connectivity index (χ2n) is 4.54. The Morgan fingerprint density at radius 2 is 2.05 bits per heavy atom. The van der Waals surface area contributed by atoms with Crippen molar-refractivity contribution in [3.8, 4) is 5.75 Å². The van der Waals surface area contributed by atoms with Gasteiger partial charge in [0.25, 0.3) is 0 Å². The summed E-state index contributed by atoms with van der Waals surface area (Å²) in [5.74, 6) is 1.72. The summed E-state index contributed by atoms with van der Waals surface area (Å²) in [7, 11) is 1.68. The van der Waals surface area contributed by atoms with Gasteiger partial charge in [0.05, 0.1) is 12.8 Å². The molecule has 4 heteroatoms. The first-order valence-electron chi connectivity index (χ1n) is 6.52. The van der Waals surface area contributed by atoms with E-state index in [1.807, 2.05) is 25.1 Å². The number of hydrogen-bond acceptors (Lipinski definition) is 4. The van der Waals surface area contributed by atoms with E-state index in [1.54, 1.807) is 7.11 Å². The van der Waals surface area contributed by atoms with E-state index in [2.05, 4.69) is 29.5 Å². The lowest BCUT2D eigenvalue weighted by Crippen LogP contribution is -2.20. The lowest BCUT2D eigenvalue weighted by molar-refractivity contribution is 0.385. The van der Waals surface area contributed by atoms with Gasteiger partial charge in [0.15, 0.2) is 0 Å². The van der Waals surface area contributed by atoms with E-state index in [0.29, 0.717) is 12.6 Å². The van der Waals surface area contributed by atoms with Gasteiger partial charge in [-0.3, -0.25) is 0 Å². The molecular formula is C15H20N2O2. The maximum atomic E-state index is 5.17. The first kappa shape index (κ1) is 13.6. The zero-order chi connectivity index (χ0) is 13.7. The van der Waals surface area contributed by atoms with Crippen LogP contribution in [0.1, 0.15) is 36.4 Å². The van der Waals surface area contributed by atoms with E-state index in [-0.39, 0.29) is 0 Å². The number of nitrogens with zero attached hydrogens (tertiary/aromatic N) is 1. The van der Waals surface area contributed by atoms with Crippen molar-refractivity contribution in [3.63, 3.8) is 0 Å². The van der Waals surface area contributed by atoms with Gasteiger partial charge < -0.3 is 14.6 Å². The number of methoxy groups -OCH3 is 1. The molecule has 0 saturated heterocycles. The number of ether oxygens (including phenoxy) is 1. The lowest BCUT2D eigenvalue weighted by Gasteiger charge is -2.17. The Morgan fingerprint density at radius 3 is 2.58 bits per heavy atom. The van der Waals surface area contributed by atoms with Crippen LogP contribution in [0.5, 0.6) is 5.75 Å². The molecule has 1 N–H and O–H groups in total. The molecule has 0 saturated carbocycles. The van der Waals surface area contributed by atoms with Gasteiger partial charge in [0.2, 0.25) is 0 Å². The molecule has 0 bridgehead atoms. The number of benzene rings is 1. The molecule has 2 rings (SSSR count). The Balaban J connectivity index is 1.98. The summed E-state index contributed by atoms with van der Waals surface area (Å²) in [4.78, 5) is 0. The van der Waals surface area contributed by atoms with Crippen molar-refractivity contribution in [1.29, 1.82) is 0 Å². The van der Waals surface area contributed by atoms with Gasteiger partial charge in [-0.15, -0.1) is 0 Å². The Labute approximate surface area is 113 Å². The molecule has 0 aliphatic heterocycles. The maximum Gasteiger partial charge on any atom is 0.133 e. The Kier molecular flexibility index (Phi) is 4.58. The fourth-order valence-electron chi connectivity index (χ4n) is 2.06. The molecular weight excluding hydrogens is 240 g/mol. The lowest BCUT2D eigenvalue weighted by atomic mass is 10.0. The largest absolute Gasteiger partial charge is 0.497 e. The quantitative estimate of drug-likeness (QED) is 0.866. The summed E-state index contributed by atoms with van der Waals surface area (Å²) in [5.41, 5.74) is 2.19. The summed E-state index contributed by atoms with van der Waals surface area (Å²) in [6, 6.07) is 10.4. The van der Waals surface area contributed by atoms with Crippen LogP contribution < -0.4 is 10.1 Å². The van der Waals surface area contributed by atoms with E-state index < -0.39 is 0 Å². The van der Waals surface area contributed by atoms with E-state index in [0.717, 1.165) is 23.6 Å². The molecule has 0 aliphatic carbocycles. The van der Waals surface area contributed by atoms with Crippen LogP contribution in [-0.2, 0) is 6.54 Å². The van der Waals surface area contributed by atoms with Crippen molar-refractivity contribution >= 4 is 0 Å². The number of rotatable bonds is 6. The van der Waals surface area contributed by atoms with E-state index in [9.17, 15) is 0 Å². The van der Waals surface area contributed by atoms with Crippen LogP contribution in [0.4, 0.5) is 0 Å². The van der Waals surface area contributed by atoms with Gasteiger partial charge >= 0.3 is 0 Å². The molecule has 0 amide bonds. The highest BCUT2D eigenvalue weighted by Gasteiger charge is 2.10. The molecule has 1 aromatic heterocycles. The Morgan fingerprint density at radius 1 is 1.32 bits per heavy atom. The highest BCUT2D eigenvalue weighted by molar-refractivity contribution is 5.29. The molecule has 1 aromatic carbocycles. The van der Waals surface area contributed by atoms with Crippen LogP contribution in [0.2, 0.25) is 0 Å². The fraction of sp³-hybridized carbons (Fsp3) is 0.400. The minimum absolute atomic E-state index is 0.308. The zero-order valence-corrected chi connectivity index (χ0v) is 11.6. The summed E-state index contributed by atoms with van der Waals surface area (Å²) >= 11 is 0. The zero-order valence-electron chi connectivity index (χ0n) is 11.6. The Hall–Kier alpha value is -1.81. The molecule has 0 fully saturated rings. The standard InChI is InChI=1S/C15H20N2O2/c1-4-15(12-5-7-14(18-3)8-6-12)16-10-13-9-11(2)19-17-13/h5-9,15-16H,4,10H2,1-3H3.